The fraction of sp³-hybridized carbons (Fsp3) is 0.118. The van der Waals surface area contributed by atoms with Gasteiger partial charge < -0.3 is 5.32 Å². The molecule has 0 atom stereocenters. The number of nitrogens with one attached hydrogen (secondary N) is 2. The van der Waals surface area contributed by atoms with E-state index in [-0.39, 0.29) is 4.21 Å². The lowest BCUT2D eigenvalue weighted by molar-refractivity contribution is 0.603. The number of aromatic nitrogens is 1. The molecule has 3 rings (SSSR count). The molecule has 0 saturated carbocycles. The highest BCUT2D eigenvalue weighted by Gasteiger charge is 2.16. The van der Waals surface area contributed by atoms with Gasteiger partial charge in [-0.2, -0.15) is 0 Å². The van der Waals surface area contributed by atoms with Crippen LogP contribution >= 0.6 is 22.9 Å². The molecule has 8 heteroatoms. The Morgan fingerprint density at radius 2 is 2.00 bits per heavy atom. The van der Waals surface area contributed by atoms with Gasteiger partial charge in [0.1, 0.15) is 10.0 Å². The van der Waals surface area contributed by atoms with E-state index < -0.39 is 10.0 Å². The first-order chi connectivity index (χ1) is 11.9. The fourth-order valence-corrected chi connectivity index (χ4v) is 4.75. The number of hydrogen-bond donors (Lipinski definition) is 2. The zero-order valence-electron chi connectivity index (χ0n) is 13.4. The predicted octanol–water partition coefficient (Wildman–Crippen LogP) is 4.52. The highest BCUT2D eigenvalue weighted by molar-refractivity contribution is 7.94. The molecule has 1 aromatic carbocycles. The van der Waals surface area contributed by atoms with E-state index in [4.69, 9.17) is 11.6 Å². The summed E-state index contributed by atoms with van der Waals surface area (Å²) in [6.45, 7) is 2.69. The SMILES string of the molecule is Cc1cccc(CNc2ccc(NS(=O)(=O)c3ccc(Cl)s3)cn2)c1. The maximum Gasteiger partial charge on any atom is 0.271 e. The van der Waals surface area contributed by atoms with Gasteiger partial charge in [-0.15, -0.1) is 11.3 Å². The Morgan fingerprint density at radius 3 is 2.64 bits per heavy atom. The number of halogens is 1. The molecule has 5 nitrogen and oxygen atoms in total. The number of hydrogen-bond acceptors (Lipinski definition) is 5. The number of anilines is 2. The van der Waals surface area contributed by atoms with Crippen molar-refractivity contribution in [3.05, 3.63) is 70.2 Å². The van der Waals surface area contributed by atoms with Gasteiger partial charge in [0.2, 0.25) is 0 Å². The standard InChI is InChI=1S/C17H16ClN3O2S2/c1-12-3-2-4-13(9-12)10-19-16-7-5-14(11-20-16)21-25(22,23)17-8-6-15(18)24-17/h2-9,11,21H,10H2,1H3,(H,19,20). The third kappa shape index (κ3) is 4.72. The normalized spacial score (nSPS) is 11.3. The van der Waals surface area contributed by atoms with E-state index in [2.05, 4.69) is 21.1 Å². The van der Waals surface area contributed by atoms with E-state index in [1.54, 1.807) is 18.2 Å². The lowest BCUT2D eigenvalue weighted by Crippen LogP contribution is -2.11. The van der Waals surface area contributed by atoms with Crippen LogP contribution in [0.2, 0.25) is 4.34 Å². The van der Waals surface area contributed by atoms with Crippen LogP contribution in [-0.4, -0.2) is 13.4 Å². The van der Waals surface area contributed by atoms with Gasteiger partial charge in [-0.25, -0.2) is 13.4 Å². The molecule has 2 heterocycles. The summed E-state index contributed by atoms with van der Waals surface area (Å²) in [5.74, 6) is 0.670. The summed E-state index contributed by atoms with van der Waals surface area (Å²) < 4.78 is 27.6. The largest absolute Gasteiger partial charge is 0.366 e. The van der Waals surface area contributed by atoms with Gasteiger partial charge in [-0.1, -0.05) is 41.4 Å². The van der Waals surface area contributed by atoms with E-state index in [1.807, 2.05) is 25.1 Å². The van der Waals surface area contributed by atoms with Crippen LogP contribution in [0.25, 0.3) is 0 Å². The van der Waals surface area contributed by atoms with Crippen LogP contribution in [0.15, 0.2) is 58.9 Å². The van der Waals surface area contributed by atoms with Crippen LogP contribution in [0.3, 0.4) is 0 Å². The van der Waals surface area contributed by atoms with Gasteiger partial charge in [-0.05, 0) is 36.8 Å². The molecule has 3 aromatic rings. The van der Waals surface area contributed by atoms with Crippen molar-refractivity contribution in [1.82, 2.24) is 4.98 Å². The van der Waals surface area contributed by atoms with E-state index in [0.29, 0.717) is 22.4 Å². The summed E-state index contributed by atoms with van der Waals surface area (Å²) in [5.41, 5.74) is 2.75. The zero-order chi connectivity index (χ0) is 17.9. The third-order valence-electron chi connectivity index (χ3n) is 3.39. The van der Waals surface area contributed by atoms with Gasteiger partial charge in [0, 0.05) is 6.54 Å². The molecule has 0 unspecified atom stereocenters. The highest BCUT2D eigenvalue weighted by Crippen LogP contribution is 2.27. The van der Waals surface area contributed by atoms with Crippen molar-refractivity contribution < 1.29 is 8.42 Å². The van der Waals surface area contributed by atoms with Gasteiger partial charge >= 0.3 is 0 Å². The minimum Gasteiger partial charge on any atom is -0.366 e. The molecule has 2 aromatic heterocycles. The molecule has 25 heavy (non-hydrogen) atoms. The second-order valence-corrected chi connectivity index (χ2v) is 9.06. The summed E-state index contributed by atoms with van der Waals surface area (Å²) in [6.07, 6.45) is 1.48. The predicted molar refractivity (Wildman–Crippen MR) is 103 cm³/mol. The third-order valence-corrected chi connectivity index (χ3v) is 6.49. The van der Waals surface area contributed by atoms with Crippen LogP contribution in [0, 0.1) is 6.92 Å². The summed E-state index contributed by atoms with van der Waals surface area (Å²) in [5, 5.41) is 3.21. The Kier molecular flexibility index (Phi) is 5.27. The summed E-state index contributed by atoms with van der Waals surface area (Å²) >= 11 is 6.80. The first kappa shape index (κ1) is 17.7. The Hall–Kier alpha value is -2.09. The zero-order valence-corrected chi connectivity index (χ0v) is 15.8. The van der Waals surface area contributed by atoms with Crippen molar-refractivity contribution in [3.63, 3.8) is 0 Å². The maximum absolute atomic E-state index is 12.2. The van der Waals surface area contributed by atoms with Crippen LogP contribution in [0.4, 0.5) is 11.5 Å². The van der Waals surface area contributed by atoms with Crippen LogP contribution < -0.4 is 10.0 Å². The number of thiophene rings is 1. The molecule has 0 aliphatic carbocycles. The van der Waals surface area contributed by atoms with Crippen LogP contribution in [0.1, 0.15) is 11.1 Å². The lowest BCUT2D eigenvalue weighted by Gasteiger charge is -2.09. The van der Waals surface area contributed by atoms with Crippen molar-refractivity contribution in [1.29, 1.82) is 0 Å². The quantitative estimate of drug-likeness (QED) is 0.646. The molecule has 0 bridgehead atoms. The van der Waals surface area contributed by atoms with Crippen molar-refractivity contribution in [2.75, 3.05) is 10.0 Å². The molecule has 0 fully saturated rings. The molecule has 0 aliphatic heterocycles. The molecular formula is C17H16ClN3O2S2. The van der Waals surface area contributed by atoms with E-state index in [9.17, 15) is 8.42 Å². The van der Waals surface area contributed by atoms with E-state index >= 15 is 0 Å². The van der Waals surface area contributed by atoms with Gasteiger partial charge in [-0.3, -0.25) is 4.72 Å². The smallest absolute Gasteiger partial charge is 0.271 e. The molecule has 0 saturated heterocycles. The van der Waals surface area contributed by atoms with Crippen molar-refractivity contribution in [3.8, 4) is 0 Å². The number of benzene rings is 1. The molecule has 0 amide bonds. The first-order valence-corrected chi connectivity index (χ1v) is 10.1. The van der Waals surface area contributed by atoms with Gasteiger partial charge in [0.15, 0.2) is 0 Å². The maximum atomic E-state index is 12.2. The Bertz CT molecular complexity index is 970. The fourth-order valence-electron chi connectivity index (χ4n) is 2.22. The topological polar surface area (TPSA) is 71.1 Å². The molecule has 2 N–H and O–H groups in total. The monoisotopic (exact) mass is 393 g/mol. The minimum atomic E-state index is -3.64. The Labute approximate surface area is 155 Å². The summed E-state index contributed by atoms with van der Waals surface area (Å²) in [6, 6.07) is 14.6. The second-order valence-electron chi connectivity index (χ2n) is 5.44. The van der Waals surface area contributed by atoms with Crippen molar-refractivity contribution >= 4 is 44.5 Å². The number of aryl methyl sites for hydroxylation is 1. The first-order valence-electron chi connectivity index (χ1n) is 7.46. The minimum absolute atomic E-state index is 0.166. The molecule has 130 valence electrons. The highest BCUT2D eigenvalue weighted by atomic mass is 35.5. The molecule has 0 spiro atoms. The average Bonchev–Trinajstić information content (AvgIpc) is 3.02. The average molecular weight is 394 g/mol. The number of rotatable bonds is 6. The van der Waals surface area contributed by atoms with Crippen LogP contribution in [0.5, 0.6) is 0 Å². The lowest BCUT2D eigenvalue weighted by atomic mass is 10.1. The molecule has 0 radical (unpaired) electrons. The Morgan fingerprint density at radius 1 is 1.16 bits per heavy atom. The second kappa shape index (κ2) is 7.43. The van der Waals surface area contributed by atoms with Gasteiger partial charge in [0.05, 0.1) is 16.2 Å². The summed E-state index contributed by atoms with van der Waals surface area (Å²) in [7, 11) is -3.64. The number of pyridine rings is 1. The number of sulfonamides is 1. The van der Waals surface area contributed by atoms with E-state index in [1.165, 1.54) is 17.8 Å². The molecule has 0 aliphatic rings. The number of nitrogens with zero attached hydrogens (tertiary/aromatic N) is 1. The Balaban J connectivity index is 1.64. The molecular weight excluding hydrogens is 378 g/mol. The van der Waals surface area contributed by atoms with E-state index in [0.717, 1.165) is 16.9 Å². The van der Waals surface area contributed by atoms with Crippen LogP contribution in [-0.2, 0) is 16.6 Å². The summed E-state index contributed by atoms with van der Waals surface area (Å²) in [4.78, 5) is 4.24. The van der Waals surface area contributed by atoms with Gasteiger partial charge in [0.25, 0.3) is 10.0 Å². The van der Waals surface area contributed by atoms with Crippen molar-refractivity contribution in [2.45, 2.75) is 17.7 Å². The van der Waals surface area contributed by atoms with Crippen molar-refractivity contribution in [2.24, 2.45) is 0 Å².